The third-order valence-corrected chi connectivity index (χ3v) is 3.15. The van der Waals surface area contributed by atoms with Crippen molar-refractivity contribution < 1.29 is 9.59 Å². The van der Waals surface area contributed by atoms with Gasteiger partial charge in [0.25, 0.3) is 0 Å². The predicted molar refractivity (Wildman–Crippen MR) is 67.7 cm³/mol. The van der Waals surface area contributed by atoms with Gasteiger partial charge in [-0.25, -0.2) is 4.79 Å². The van der Waals surface area contributed by atoms with Crippen molar-refractivity contribution in [2.45, 2.75) is 13.0 Å². The molecule has 1 aliphatic heterocycles. The summed E-state index contributed by atoms with van der Waals surface area (Å²) in [5.74, 6) is -0.00459. The van der Waals surface area contributed by atoms with Gasteiger partial charge >= 0.3 is 6.03 Å². The fourth-order valence-electron chi connectivity index (χ4n) is 1.91. The molecule has 0 spiro atoms. The van der Waals surface area contributed by atoms with E-state index in [-0.39, 0.29) is 24.4 Å². The molecule has 1 aliphatic rings. The summed E-state index contributed by atoms with van der Waals surface area (Å²) in [5.41, 5.74) is 1.04. The van der Waals surface area contributed by atoms with Crippen LogP contribution < -0.4 is 5.32 Å². The summed E-state index contributed by atoms with van der Waals surface area (Å²) < 4.78 is 0.981. The molecule has 90 valence electrons. The maximum absolute atomic E-state index is 11.6. The first-order chi connectivity index (χ1) is 8.06. The molecular weight excluding hydrogens is 284 g/mol. The first-order valence-electron chi connectivity index (χ1n) is 5.36. The molecule has 1 aromatic rings. The molecule has 2 amide bonds. The number of ketones is 1. The van der Waals surface area contributed by atoms with E-state index in [2.05, 4.69) is 21.2 Å². The summed E-state index contributed by atoms with van der Waals surface area (Å²) >= 11 is 3.40. The second kappa shape index (κ2) is 4.87. The summed E-state index contributed by atoms with van der Waals surface area (Å²) in [6, 6.07) is 7.59. The monoisotopic (exact) mass is 296 g/mol. The molecular formula is C12H13BrN2O2. The van der Waals surface area contributed by atoms with Crippen LogP contribution in [-0.2, 0) is 4.79 Å². The van der Waals surface area contributed by atoms with Gasteiger partial charge in [0.1, 0.15) is 5.78 Å². The number of benzene rings is 1. The van der Waals surface area contributed by atoms with Crippen LogP contribution in [0.5, 0.6) is 0 Å². The SMILES string of the molecule is CC(=O)CN1CC(c2cccc(Br)c2)NC1=O. The van der Waals surface area contributed by atoms with Crippen molar-refractivity contribution in [3.05, 3.63) is 34.3 Å². The average Bonchev–Trinajstić information content (AvgIpc) is 2.59. The Bertz CT molecular complexity index is 462. The Morgan fingerprint density at radius 1 is 1.59 bits per heavy atom. The van der Waals surface area contributed by atoms with Crippen LogP contribution in [-0.4, -0.2) is 29.8 Å². The van der Waals surface area contributed by atoms with E-state index in [4.69, 9.17) is 0 Å². The van der Waals surface area contributed by atoms with E-state index in [9.17, 15) is 9.59 Å². The van der Waals surface area contributed by atoms with Crippen molar-refractivity contribution in [2.75, 3.05) is 13.1 Å². The molecule has 5 heteroatoms. The molecule has 0 saturated carbocycles. The molecule has 0 radical (unpaired) electrons. The molecule has 1 heterocycles. The Balaban J connectivity index is 2.11. The predicted octanol–water partition coefficient (Wildman–Crippen LogP) is 2.10. The van der Waals surface area contributed by atoms with E-state index >= 15 is 0 Å². The molecule has 1 saturated heterocycles. The van der Waals surface area contributed by atoms with Crippen molar-refractivity contribution in [3.63, 3.8) is 0 Å². The molecule has 1 aromatic carbocycles. The van der Waals surface area contributed by atoms with Crippen LogP contribution in [0.25, 0.3) is 0 Å². The highest BCUT2D eigenvalue weighted by Crippen LogP contribution is 2.22. The lowest BCUT2D eigenvalue weighted by molar-refractivity contribution is -0.117. The number of carbonyl (C=O) groups excluding carboxylic acids is 2. The van der Waals surface area contributed by atoms with E-state index in [0.29, 0.717) is 6.54 Å². The number of nitrogens with one attached hydrogen (secondary N) is 1. The highest BCUT2D eigenvalue weighted by Gasteiger charge is 2.30. The smallest absolute Gasteiger partial charge is 0.318 e. The average molecular weight is 297 g/mol. The number of hydrogen-bond donors (Lipinski definition) is 1. The number of hydrogen-bond acceptors (Lipinski definition) is 2. The Labute approximate surface area is 108 Å². The zero-order valence-electron chi connectivity index (χ0n) is 9.44. The number of carbonyl (C=O) groups is 2. The number of Topliss-reactive ketones (excluding diaryl/α,β-unsaturated/α-hetero) is 1. The maximum atomic E-state index is 11.6. The maximum Gasteiger partial charge on any atom is 0.318 e. The topological polar surface area (TPSA) is 49.4 Å². The molecule has 0 bridgehead atoms. The van der Waals surface area contributed by atoms with Gasteiger partial charge in [0.05, 0.1) is 12.6 Å². The van der Waals surface area contributed by atoms with E-state index in [1.807, 2.05) is 24.3 Å². The number of urea groups is 1. The molecule has 1 unspecified atom stereocenters. The van der Waals surface area contributed by atoms with Gasteiger partial charge in [-0.2, -0.15) is 0 Å². The second-order valence-electron chi connectivity index (χ2n) is 4.14. The van der Waals surface area contributed by atoms with Gasteiger partial charge in [-0.15, -0.1) is 0 Å². The Morgan fingerprint density at radius 3 is 3.00 bits per heavy atom. The molecule has 1 fully saturated rings. The lowest BCUT2D eigenvalue weighted by atomic mass is 10.1. The first-order valence-corrected chi connectivity index (χ1v) is 6.16. The molecule has 0 aromatic heterocycles. The summed E-state index contributed by atoms with van der Waals surface area (Å²) in [5, 5.41) is 2.87. The number of nitrogens with zero attached hydrogens (tertiary/aromatic N) is 1. The number of amides is 2. The summed E-state index contributed by atoms with van der Waals surface area (Å²) in [4.78, 5) is 24.2. The van der Waals surface area contributed by atoms with Crippen LogP contribution in [0.2, 0.25) is 0 Å². The third kappa shape index (κ3) is 2.85. The van der Waals surface area contributed by atoms with Gasteiger partial charge in [-0.05, 0) is 24.6 Å². The minimum atomic E-state index is -0.176. The fraction of sp³-hybridized carbons (Fsp3) is 0.333. The Hall–Kier alpha value is -1.36. The van der Waals surface area contributed by atoms with Crippen LogP contribution >= 0.6 is 15.9 Å². The van der Waals surface area contributed by atoms with Crippen molar-refractivity contribution >= 4 is 27.7 Å². The molecule has 1 N–H and O–H groups in total. The molecule has 4 nitrogen and oxygen atoms in total. The minimum Gasteiger partial charge on any atom is -0.329 e. The van der Waals surface area contributed by atoms with Crippen LogP contribution in [0.15, 0.2) is 28.7 Å². The lowest BCUT2D eigenvalue weighted by Gasteiger charge is -2.12. The van der Waals surface area contributed by atoms with E-state index in [1.165, 1.54) is 11.8 Å². The highest BCUT2D eigenvalue weighted by molar-refractivity contribution is 9.10. The van der Waals surface area contributed by atoms with E-state index < -0.39 is 0 Å². The van der Waals surface area contributed by atoms with Gasteiger partial charge in [0.15, 0.2) is 0 Å². The highest BCUT2D eigenvalue weighted by atomic mass is 79.9. The molecule has 0 aliphatic carbocycles. The van der Waals surface area contributed by atoms with E-state index in [0.717, 1.165) is 10.0 Å². The number of halogens is 1. The third-order valence-electron chi connectivity index (χ3n) is 2.65. The van der Waals surface area contributed by atoms with Gasteiger partial charge in [0, 0.05) is 11.0 Å². The fourth-order valence-corrected chi connectivity index (χ4v) is 2.32. The van der Waals surface area contributed by atoms with Crippen molar-refractivity contribution in [1.82, 2.24) is 10.2 Å². The van der Waals surface area contributed by atoms with Crippen LogP contribution in [0.1, 0.15) is 18.5 Å². The van der Waals surface area contributed by atoms with Gasteiger partial charge in [0.2, 0.25) is 0 Å². The Morgan fingerprint density at radius 2 is 2.35 bits per heavy atom. The molecule has 1 atom stereocenters. The van der Waals surface area contributed by atoms with Crippen molar-refractivity contribution in [3.8, 4) is 0 Å². The molecule has 17 heavy (non-hydrogen) atoms. The number of rotatable bonds is 3. The Kier molecular flexibility index (Phi) is 3.47. The lowest BCUT2D eigenvalue weighted by Crippen LogP contribution is -2.32. The van der Waals surface area contributed by atoms with Gasteiger partial charge in [-0.1, -0.05) is 28.1 Å². The standard InChI is InChI=1S/C12H13BrN2O2/c1-8(16)6-15-7-11(14-12(15)17)9-3-2-4-10(13)5-9/h2-5,11H,6-7H2,1H3,(H,14,17). The van der Waals surface area contributed by atoms with Crippen LogP contribution in [0, 0.1) is 0 Å². The zero-order chi connectivity index (χ0) is 12.4. The van der Waals surface area contributed by atoms with Crippen molar-refractivity contribution in [1.29, 1.82) is 0 Å². The normalized spacial score (nSPS) is 19.3. The second-order valence-corrected chi connectivity index (χ2v) is 5.06. The van der Waals surface area contributed by atoms with Crippen LogP contribution in [0.4, 0.5) is 4.79 Å². The summed E-state index contributed by atoms with van der Waals surface area (Å²) in [6.45, 7) is 2.20. The largest absolute Gasteiger partial charge is 0.329 e. The summed E-state index contributed by atoms with van der Waals surface area (Å²) in [6.07, 6.45) is 0. The van der Waals surface area contributed by atoms with Gasteiger partial charge < -0.3 is 10.2 Å². The minimum absolute atomic E-state index is 0.00459. The quantitative estimate of drug-likeness (QED) is 0.929. The zero-order valence-corrected chi connectivity index (χ0v) is 11.0. The van der Waals surface area contributed by atoms with Crippen LogP contribution in [0.3, 0.4) is 0 Å². The van der Waals surface area contributed by atoms with Gasteiger partial charge in [-0.3, -0.25) is 4.79 Å². The first kappa shape index (κ1) is 12.1. The van der Waals surface area contributed by atoms with E-state index in [1.54, 1.807) is 0 Å². The summed E-state index contributed by atoms with van der Waals surface area (Å²) in [7, 11) is 0. The van der Waals surface area contributed by atoms with Crippen molar-refractivity contribution in [2.24, 2.45) is 0 Å². The molecule has 2 rings (SSSR count).